The third kappa shape index (κ3) is 4.27. The van der Waals surface area contributed by atoms with Crippen molar-refractivity contribution in [2.24, 2.45) is 5.92 Å². The van der Waals surface area contributed by atoms with Gasteiger partial charge in [0.05, 0.1) is 12.7 Å². The Morgan fingerprint density at radius 3 is 2.17 bits per heavy atom. The molecule has 0 fully saturated rings. The zero-order chi connectivity index (χ0) is 21.3. The number of hydrogen-bond acceptors (Lipinski definition) is 2. The molecular weight excluding hydrogens is 384 g/mol. The van der Waals surface area contributed by atoms with Gasteiger partial charge in [0, 0.05) is 17.7 Å². The Bertz CT molecular complexity index is 911. The predicted octanol–water partition coefficient (Wildman–Crippen LogP) is 6.34. The van der Waals surface area contributed by atoms with Crippen molar-refractivity contribution in [2.75, 3.05) is 13.2 Å². The Morgan fingerprint density at radius 1 is 0.897 bits per heavy atom. The molecule has 0 aromatic heterocycles. The summed E-state index contributed by atoms with van der Waals surface area (Å²) in [5, 5.41) is 0. The summed E-state index contributed by atoms with van der Waals surface area (Å²) in [6.45, 7) is 8.22. The molecule has 0 heterocycles. The molecule has 29 heavy (non-hydrogen) atoms. The van der Waals surface area contributed by atoms with Gasteiger partial charge in [0.25, 0.3) is 0 Å². The fourth-order valence-corrected chi connectivity index (χ4v) is 3.81. The Morgan fingerprint density at radius 2 is 1.52 bits per heavy atom. The summed E-state index contributed by atoms with van der Waals surface area (Å²) in [4.78, 5) is 0. The smallest absolute Gasteiger partial charge is 0.201 e. The third-order valence-electron chi connectivity index (χ3n) is 5.40. The maximum Gasteiger partial charge on any atom is 0.201 e. The molecule has 1 aliphatic carbocycles. The Balaban J connectivity index is 1.78. The third-order valence-corrected chi connectivity index (χ3v) is 5.40. The van der Waals surface area contributed by atoms with Gasteiger partial charge < -0.3 is 9.47 Å². The second-order valence-electron chi connectivity index (χ2n) is 7.83. The molecule has 0 amide bonds. The molecule has 6 heteroatoms. The maximum atomic E-state index is 14.8. The van der Waals surface area contributed by atoms with Crippen LogP contribution in [0.2, 0.25) is 0 Å². The number of halogens is 4. The highest BCUT2D eigenvalue weighted by Crippen LogP contribution is 2.44. The molecule has 0 N–H and O–H groups in total. The van der Waals surface area contributed by atoms with Crippen molar-refractivity contribution < 1.29 is 27.0 Å². The van der Waals surface area contributed by atoms with Crippen LogP contribution < -0.4 is 4.74 Å². The van der Waals surface area contributed by atoms with Gasteiger partial charge in [-0.15, -0.1) is 0 Å². The SMILES string of the molecule is CCOC(C)CCC(C)COc1cc2c(c(F)c1F)-c1c(cc(C)c(F)c1F)C2. The van der Waals surface area contributed by atoms with Gasteiger partial charge in [0.15, 0.2) is 23.2 Å². The van der Waals surface area contributed by atoms with Crippen molar-refractivity contribution in [2.45, 2.75) is 53.1 Å². The van der Waals surface area contributed by atoms with Crippen LogP contribution in [0, 0.1) is 36.1 Å². The lowest BCUT2D eigenvalue weighted by Gasteiger charge is -2.17. The van der Waals surface area contributed by atoms with Crippen LogP contribution in [-0.4, -0.2) is 19.3 Å². The Labute approximate surface area is 168 Å². The van der Waals surface area contributed by atoms with E-state index >= 15 is 0 Å². The zero-order valence-electron chi connectivity index (χ0n) is 17.2. The van der Waals surface area contributed by atoms with Crippen molar-refractivity contribution >= 4 is 0 Å². The lowest BCUT2D eigenvalue weighted by molar-refractivity contribution is 0.0638. The van der Waals surface area contributed by atoms with Gasteiger partial charge in [-0.25, -0.2) is 13.2 Å². The monoisotopic (exact) mass is 410 g/mol. The first-order chi connectivity index (χ1) is 13.7. The summed E-state index contributed by atoms with van der Waals surface area (Å²) in [7, 11) is 0. The minimum Gasteiger partial charge on any atom is -0.490 e. The van der Waals surface area contributed by atoms with Crippen molar-refractivity contribution in [1.29, 1.82) is 0 Å². The quantitative estimate of drug-likeness (QED) is 0.403. The second kappa shape index (κ2) is 8.74. The van der Waals surface area contributed by atoms with Crippen LogP contribution >= 0.6 is 0 Å². The van der Waals surface area contributed by atoms with Crippen molar-refractivity contribution in [1.82, 2.24) is 0 Å². The minimum atomic E-state index is -1.20. The molecule has 1 aliphatic rings. The molecule has 0 bridgehead atoms. The lowest BCUT2D eigenvalue weighted by atomic mass is 10.0. The molecular formula is C23H26F4O2. The number of rotatable bonds is 8. The highest BCUT2D eigenvalue weighted by atomic mass is 19.2. The largest absolute Gasteiger partial charge is 0.490 e. The van der Waals surface area contributed by atoms with Gasteiger partial charge in [-0.2, -0.15) is 4.39 Å². The normalized spacial score (nSPS) is 14.5. The van der Waals surface area contributed by atoms with Crippen LogP contribution in [0.1, 0.15) is 50.3 Å². The molecule has 2 aromatic carbocycles. The molecule has 0 saturated carbocycles. The summed E-state index contributed by atoms with van der Waals surface area (Å²) in [5.74, 6) is -4.62. The van der Waals surface area contributed by atoms with E-state index in [0.717, 1.165) is 12.8 Å². The van der Waals surface area contributed by atoms with Crippen molar-refractivity contribution in [3.05, 3.63) is 52.1 Å². The van der Waals surface area contributed by atoms with Gasteiger partial charge >= 0.3 is 0 Å². The standard InChI is InChI=1S/C23H26F4O2/c1-5-28-14(4)7-6-12(2)11-29-17-10-16-9-15-8-13(3)20(24)22(26)18(15)19(16)23(27)21(17)25/h8,10,12,14H,5-7,9,11H2,1-4H3. The highest BCUT2D eigenvalue weighted by Gasteiger charge is 2.31. The molecule has 2 unspecified atom stereocenters. The molecule has 2 atom stereocenters. The highest BCUT2D eigenvalue weighted by molar-refractivity contribution is 5.79. The van der Waals surface area contributed by atoms with Crippen LogP contribution in [-0.2, 0) is 11.2 Å². The van der Waals surface area contributed by atoms with Crippen LogP contribution in [0.25, 0.3) is 11.1 Å². The Hall–Kier alpha value is -2.08. The van der Waals surface area contributed by atoms with Gasteiger partial charge in [0.1, 0.15) is 0 Å². The fourth-order valence-electron chi connectivity index (χ4n) is 3.81. The number of hydrogen-bond donors (Lipinski definition) is 0. The topological polar surface area (TPSA) is 18.5 Å². The van der Waals surface area contributed by atoms with Crippen LogP contribution in [0.15, 0.2) is 12.1 Å². The summed E-state index contributed by atoms with van der Waals surface area (Å²) in [6.07, 6.45) is 2.01. The molecule has 2 nitrogen and oxygen atoms in total. The number of benzene rings is 2. The van der Waals surface area contributed by atoms with E-state index in [1.165, 1.54) is 19.1 Å². The van der Waals surface area contributed by atoms with E-state index in [0.29, 0.717) is 17.7 Å². The summed E-state index contributed by atoms with van der Waals surface area (Å²) in [6, 6.07) is 2.88. The van der Waals surface area contributed by atoms with E-state index in [9.17, 15) is 17.6 Å². The van der Waals surface area contributed by atoms with E-state index in [4.69, 9.17) is 9.47 Å². The van der Waals surface area contributed by atoms with Gasteiger partial charge in [-0.1, -0.05) is 13.0 Å². The first kappa shape index (κ1) is 21.6. The summed E-state index contributed by atoms with van der Waals surface area (Å²) in [5.41, 5.74) is 0.589. The molecule has 158 valence electrons. The van der Waals surface area contributed by atoms with E-state index in [2.05, 4.69) is 0 Å². The van der Waals surface area contributed by atoms with Crippen molar-refractivity contribution in [3.8, 4) is 16.9 Å². The van der Waals surface area contributed by atoms with Crippen LogP contribution in [0.4, 0.5) is 17.6 Å². The van der Waals surface area contributed by atoms with Gasteiger partial charge in [-0.05, 0) is 68.7 Å². The average molecular weight is 410 g/mol. The van der Waals surface area contributed by atoms with Crippen LogP contribution in [0.3, 0.4) is 0 Å². The Kier molecular flexibility index (Phi) is 6.52. The first-order valence-electron chi connectivity index (χ1n) is 9.97. The first-order valence-corrected chi connectivity index (χ1v) is 9.97. The molecule has 3 rings (SSSR count). The summed E-state index contributed by atoms with van der Waals surface area (Å²) < 4.78 is 68.7. The predicted molar refractivity (Wildman–Crippen MR) is 104 cm³/mol. The van der Waals surface area contributed by atoms with E-state index in [1.54, 1.807) is 0 Å². The van der Waals surface area contributed by atoms with E-state index in [-0.39, 0.29) is 47.5 Å². The maximum absolute atomic E-state index is 14.8. The molecule has 0 aliphatic heterocycles. The zero-order valence-corrected chi connectivity index (χ0v) is 17.2. The molecule has 0 saturated heterocycles. The van der Waals surface area contributed by atoms with E-state index < -0.39 is 23.3 Å². The summed E-state index contributed by atoms with van der Waals surface area (Å²) >= 11 is 0. The van der Waals surface area contributed by atoms with Gasteiger partial charge in [0.2, 0.25) is 5.82 Å². The van der Waals surface area contributed by atoms with Crippen molar-refractivity contribution in [3.63, 3.8) is 0 Å². The average Bonchev–Trinajstić information content (AvgIpc) is 3.04. The molecule has 0 spiro atoms. The minimum absolute atomic E-state index is 0.125. The number of fused-ring (bicyclic) bond motifs is 3. The molecule has 0 radical (unpaired) electrons. The number of aryl methyl sites for hydroxylation is 1. The lowest BCUT2D eigenvalue weighted by Crippen LogP contribution is -2.14. The van der Waals surface area contributed by atoms with Gasteiger partial charge in [-0.3, -0.25) is 0 Å². The second-order valence-corrected chi connectivity index (χ2v) is 7.83. The fraction of sp³-hybridized carbons (Fsp3) is 0.478. The van der Waals surface area contributed by atoms with E-state index in [1.807, 2.05) is 20.8 Å². The van der Waals surface area contributed by atoms with Crippen LogP contribution in [0.5, 0.6) is 5.75 Å². The molecule has 2 aromatic rings. The number of ether oxygens (including phenoxy) is 2.